The van der Waals surface area contributed by atoms with Gasteiger partial charge in [0.1, 0.15) is 4.49 Å². The summed E-state index contributed by atoms with van der Waals surface area (Å²) in [5.74, 6) is -0.843. The molecule has 0 fully saturated rings. The maximum Gasteiger partial charge on any atom is 0.306 e. The molecule has 0 N–H and O–H groups in total. The van der Waals surface area contributed by atoms with Crippen LogP contribution >= 0.6 is 46.4 Å². The van der Waals surface area contributed by atoms with Gasteiger partial charge in [0.2, 0.25) is 0 Å². The zero-order chi connectivity index (χ0) is 13.7. The third-order valence-corrected chi connectivity index (χ3v) is 3.66. The monoisotopic (exact) mass is 326 g/mol. The van der Waals surface area contributed by atoms with Gasteiger partial charge in [-0.25, -0.2) is 0 Å². The van der Waals surface area contributed by atoms with E-state index in [0.717, 1.165) is 5.56 Å². The third kappa shape index (κ3) is 4.36. The van der Waals surface area contributed by atoms with Gasteiger partial charge in [-0.15, -0.1) is 0 Å². The molecule has 0 aromatic heterocycles. The lowest BCUT2D eigenvalue weighted by Crippen LogP contribution is -2.09. The van der Waals surface area contributed by atoms with E-state index in [1.54, 1.807) is 24.3 Å². The van der Waals surface area contributed by atoms with Crippen molar-refractivity contribution < 1.29 is 9.53 Å². The molecule has 98 valence electrons. The van der Waals surface area contributed by atoms with Crippen LogP contribution in [0.15, 0.2) is 33.8 Å². The Bertz CT molecular complexity index is 450. The van der Waals surface area contributed by atoms with Crippen LogP contribution in [0.1, 0.15) is 17.9 Å². The van der Waals surface area contributed by atoms with Crippen LogP contribution in [-0.2, 0) is 9.53 Å². The lowest BCUT2D eigenvalue weighted by Gasteiger charge is -2.15. The van der Waals surface area contributed by atoms with Crippen molar-refractivity contribution in [3.63, 3.8) is 0 Å². The second kappa shape index (κ2) is 7.25. The second-order valence-corrected chi connectivity index (χ2v) is 5.29. The molecule has 0 heterocycles. The Morgan fingerprint density at radius 3 is 2.22 bits per heavy atom. The van der Waals surface area contributed by atoms with Gasteiger partial charge < -0.3 is 4.74 Å². The molecule has 0 saturated heterocycles. The van der Waals surface area contributed by atoms with E-state index in [-0.39, 0.29) is 15.9 Å². The molecule has 1 atom stereocenters. The van der Waals surface area contributed by atoms with E-state index >= 15 is 0 Å². The SMILES string of the molecule is COC(=O)CC(C(Cl)=C(Cl)Cl)c1ccc(Cl)cc1. The molecule has 2 nitrogen and oxygen atoms in total. The van der Waals surface area contributed by atoms with Crippen molar-refractivity contribution in [1.29, 1.82) is 0 Å². The number of hydrogen-bond donors (Lipinski definition) is 0. The molecule has 18 heavy (non-hydrogen) atoms. The average Bonchev–Trinajstić information content (AvgIpc) is 2.36. The highest BCUT2D eigenvalue weighted by Gasteiger charge is 2.22. The van der Waals surface area contributed by atoms with Crippen LogP contribution < -0.4 is 0 Å². The van der Waals surface area contributed by atoms with E-state index in [1.165, 1.54) is 7.11 Å². The Balaban J connectivity index is 3.08. The summed E-state index contributed by atoms with van der Waals surface area (Å²) in [6.07, 6.45) is 0.0555. The fraction of sp³-hybridized carbons (Fsp3) is 0.250. The number of rotatable bonds is 4. The van der Waals surface area contributed by atoms with Crippen LogP contribution in [0.3, 0.4) is 0 Å². The van der Waals surface area contributed by atoms with Crippen LogP contribution in [0, 0.1) is 0 Å². The van der Waals surface area contributed by atoms with Crippen molar-refractivity contribution >= 4 is 52.4 Å². The van der Waals surface area contributed by atoms with Crippen LogP contribution in [0.25, 0.3) is 0 Å². The van der Waals surface area contributed by atoms with Gasteiger partial charge in [-0.05, 0) is 17.7 Å². The predicted molar refractivity (Wildman–Crippen MR) is 75.4 cm³/mol. The Morgan fingerprint density at radius 1 is 1.22 bits per heavy atom. The Morgan fingerprint density at radius 2 is 1.78 bits per heavy atom. The Hall–Kier alpha value is -0.410. The maximum absolute atomic E-state index is 11.4. The highest BCUT2D eigenvalue weighted by molar-refractivity contribution is 6.59. The maximum atomic E-state index is 11.4. The third-order valence-electron chi connectivity index (χ3n) is 2.36. The normalized spacial score (nSPS) is 11.8. The highest BCUT2D eigenvalue weighted by Crippen LogP contribution is 2.36. The molecule has 0 radical (unpaired) electrons. The number of ether oxygens (including phenoxy) is 1. The van der Waals surface area contributed by atoms with Crippen LogP contribution in [0.4, 0.5) is 0 Å². The molecule has 6 heteroatoms. The molecule has 1 aromatic rings. The highest BCUT2D eigenvalue weighted by atomic mass is 35.5. The summed E-state index contributed by atoms with van der Waals surface area (Å²) in [5.41, 5.74) is 0.786. The smallest absolute Gasteiger partial charge is 0.306 e. The van der Waals surface area contributed by atoms with Gasteiger partial charge in [-0.1, -0.05) is 58.5 Å². The summed E-state index contributed by atoms with van der Waals surface area (Å²) in [5, 5.41) is 0.790. The second-order valence-electron chi connectivity index (χ2n) is 3.49. The van der Waals surface area contributed by atoms with Crippen molar-refractivity contribution in [1.82, 2.24) is 0 Å². The fourth-order valence-electron chi connectivity index (χ4n) is 1.43. The first kappa shape index (κ1) is 15.6. The van der Waals surface area contributed by atoms with Crippen molar-refractivity contribution in [3.05, 3.63) is 44.4 Å². The first-order valence-corrected chi connectivity index (χ1v) is 6.49. The molecule has 0 amide bonds. The van der Waals surface area contributed by atoms with E-state index in [4.69, 9.17) is 46.4 Å². The van der Waals surface area contributed by atoms with E-state index < -0.39 is 11.9 Å². The molecule has 1 aromatic carbocycles. The summed E-state index contributed by atoms with van der Waals surface area (Å²) >= 11 is 23.2. The first-order chi connectivity index (χ1) is 8.45. The number of halogens is 4. The number of methoxy groups -OCH3 is 1. The number of allylic oxidation sites excluding steroid dienone is 1. The molecule has 1 unspecified atom stereocenters. The van der Waals surface area contributed by atoms with Gasteiger partial charge in [-0.2, -0.15) is 0 Å². The Labute approximate surface area is 125 Å². The lowest BCUT2D eigenvalue weighted by molar-refractivity contribution is -0.140. The fourth-order valence-corrected chi connectivity index (χ4v) is 2.02. The van der Waals surface area contributed by atoms with Crippen LogP contribution in [-0.4, -0.2) is 13.1 Å². The molecule has 0 aliphatic rings. The van der Waals surface area contributed by atoms with Crippen molar-refractivity contribution in [2.75, 3.05) is 7.11 Å². The summed E-state index contributed by atoms with van der Waals surface area (Å²) in [6, 6.07) is 6.92. The van der Waals surface area contributed by atoms with Gasteiger partial charge >= 0.3 is 5.97 Å². The molecule has 0 saturated carbocycles. The molecule has 0 aliphatic carbocycles. The minimum Gasteiger partial charge on any atom is -0.469 e. The molecular formula is C12H10Cl4O2. The summed E-state index contributed by atoms with van der Waals surface area (Å²) in [7, 11) is 1.31. The Kier molecular flexibility index (Phi) is 6.30. The summed E-state index contributed by atoms with van der Waals surface area (Å²) in [4.78, 5) is 11.4. The average molecular weight is 328 g/mol. The van der Waals surface area contributed by atoms with E-state index in [1.807, 2.05) is 0 Å². The predicted octanol–water partition coefficient (Wildman–Crippen LogP) is 4.87. The lowest BCUT2D eigenvalue weighted by atomic mass is 9.95. The first-order valence-electron chi connectivity index (χ1n) is 4.98. The zero-order valence-corrected chi connectivity index (χ0v) is 12.4. The van der Waals surface area contributed by atoms with E-state index in [2.05, 4.69) is 4.74 Å². The number of esters is 1. The van der Waals surface area contributed by atoms with Crippen molar-refractivity contribution in [3.8, 4) is 0 Å². The molecule has 1 rings (SSSR count). The number of carbonyl (C=O) groups is 1. The quantitative estimate of drug-likeness (QED) is 0.737. The topological polar surface area (TPSA) is 26.3 Å². The molecule has 0 spiro atoms. The van der Waals surface area contributed by atoms with E-state index in [9.17, 15) is 4.79 Å². The van der Waals surface area contributed by atoms with Gasteiger partial charge in [0.05, 0.1) is 18.6 Å². The number of carbonyl (C=O) groups excluding carboxylic acids is 1. The standard InChI is InChI=1S/C12H10Cl4O2/c1-18-10(17)6-9(11(14)12(15)16)7-2-4-8(13)5-3-7/h2-5,9H,6H2,1H3. The number of hydrogen-bond acceptors (Lipinski definition) is 2. The minimum atomic E-state index is -0.443. The van der Waals surface area contributed by atoms with Crippen LogP contribution in [0.5, 0.6) is 0 Å². The van der Waals surface area contributed by atoms with Gasteiger partial charge in [0.15, 0.2) is 0 Å². The minimum absolute atomic E-state index is 0.0555. The van der Waals surface area contributed by atoms with E-state index in [0.29, 0.717) is 5.02 Å². The largest absolute Gasteiger partial charge is 0.469 e. The summed E-state index contributed by atoms with van der Waals surface area (Å²) in [6.45, 7) is 0. The summed E-state index contributed by atoms with van der Waals surface area (Å²) < 4.78 is 4.55. The van der Waals surface area contributed by atoms with Crippen molar-refractivity contribution in [2.45, 2.75) is 12.3 Å². The number of benzene rings is 1. The molecular weight excluding hydrogens is 318 g/mol. The van der Waals surface area contributed by atoms with Crippen molar-refractivity contribution in [2.24, 2.45) is 0 Å². The van der Waals surface area contributed by atoms with Crippen LogP contribution in [0.2, 0.25) is 5.02 Å². The van der Waals surface area contributed by atoms with Gasteiger partial charge in [0, 0.05) is 10.9 Å². The molecule has 0 bridgehead atoms. The zero-order valence-electron chi connectivity index (χ0n) is 9.42. The van der Waals surface area contributed by atoms with Gasteiger partial charge in [-0.3, -0.25) is 4.79 Å². The molecule has 0 aliphatic heterocycles. The van der Waals surface area contributed by atoms with Gasteiger partial charge in [0.25, 0.3) is 0 Å².